The molecule has 0 spiro atoms. The Labute approximate surface area is 106 Å². The van der Waals surface area contributed by atoms with E-state index in [1.807, 2.05) is 0 Å². The fraction of sp³-hybridized carbons (Fsp3) is 0. The molecule has 2 heterocycles. The van der Waals surface area contributed by atoms with E-state index in [0.29, 0.717) is 11.4 Å². The van der Waals surface area contributed by atoms with E-state index in [2.05, 4.69) is 9.97 Å². The molecule has 0 atom stereocenters. The molecular formula is C12H8N4O3. The molecule has 7 nitrogen and oxygen atoms in total. The van der Waals surface area contributed by atoms with Gasteiger partial charge in [0.15, 0.2) is 5.82 Å². The second-order valence-electron chi connectivity index (χ2n) is 3.92. The Bertz CT molecular complexity index is 772. The van der Waals surface area contributed by atoms with E-state index in [1.54, 1.807) is 18.6 Å². The van der Waals surface area contributed by atoms with E-state index < -0.39 is 4.92 Å². The minimum atomic E-state index is -0.486. The molecule has 1 aromatic carbocycles. The van der Waals surface area contributed by atoms with Gasteiger partial charge in [-0.1, -0.05) is 0 Å². The molecule has 0 unspecified atom stereocenters. The minimum absolute atomic E-state index is 0.0201. The quantitative estimate of drug-likeness (QED) is 0.556. The number of nitrogens with one attached hydrogen (secondary N) is 1. The van der Waals surface area contributed by atoms with Crippen molar-refractivity contribution in [2.24, 2.45) is 0 Å². The van der Waals surface area contributed by atoms with Gasteiger partial charge in [0.1, 0.15) is 5.69 Å². The number of rotatable bonds is 2. The molecule has 0 fully saturated rings. The number of aromatic nitrogens is 3. The lowest BCUT2D eigenvalue weighted by atomic mass is 10.1. The molecule has 0 saturated carbocycles. The maximum Gasteiger partial charge on any atom is 0.282 e. The number of nitro groups is 1. The molecule has 0 bridgehead atoms. The van der Waals surface area contributed by atoms with Crippen LogP contribution in [0.15, 0.2) is 47.7 Å². The largest absolute Gasteiger partial charge is 0.363 e. The predicted octanol–water partition coefficient (Wildman–Crippen LogP) is 1.57. The van der Waals surface area contributed by atoms with Crippen LogP contribution in [0.3, 0.4) is 0 Å². The second-order valence-corrected chi connectivity index (χ2v) is 3.92. The van der Waals surface area contributed by atoms with Gasteiger partial charge in [0.2, 0.25) is 0 Å². The van der Waals surface area contributed by atoms with Crippen LogP contribution < -0.4 is 5.56 Å². The third-order valence-electron chi connectivity index (χ3n) is 2.78. The van der Waals surface area contributed by atoms with Gasteiger partial charge in [-0.3, -0.25) is 19.5 Å². The molecule has 1 N–H and O–H groups in total. The zero-order chi connectivity index (χ0) is 13.4. The normalized spacial score (nSPS) is 10.7. The number of imidazole rings is 1. The molecule has 0 aliphatic carbocycles. The van der Waals surface area contributed by atoms with Gasteiger partial charge >= 0.3 is 0 Å². The van der Waals surface area contributed by atoms with E-state index in [0.717, 1.165) is 0 Å². The summed E-state index contributed by atoms with van der Waals surface area (Å²) in [5.41, 5.74) is 0.556. The van der Waals surface area contributed by atoms with E-state index in [-0.39, 0.29) is 16.9 Å². The second kappa shape index (κ2) is 4.05. The summed E-state index contributed by atoms with van der Waals surface area (Å²) < 4.78 is 1.41. The zero-order valence-corrected chi connectivity index (χ0v) is 9.61. The zero-order valence-electron chi connectivity index (χ0n) is 9.61. The molecule has 0 radical (unpaired) electrons. The van der Waals surface area contributed by atoms with Crippen LogP contribution in [-0.2, 0) is 0 Å². The van der Waals surface area contributed by atoms with Crippen LogP contribution in [0.1, 0.15) is 0 Å². The highest BCUT2D eigenvalue weighted by Crippen LogP contribution is 2.20. The summed E-state index contributed by atoms with van der Waals surface area (Å²) in [6.45, 7) is 0. The highest BCUT2D eigenvalue weighted by atomic mass is 16.6. The molecule has 0 saturated heterocycles. The first-order chi connectivity index (χ1) is 9.16. The van der Waals surface area contributed by atoms with Crippen LogP contribution in [-0.4, -0.2) is 19.5 Å². The lowest BCUT2D eigenvalue weighted by Crippen LogP contribution is -2.12. The van der Waals surface area contributed by atoms with Crippen molar-refractivity contribution in [2.75, 3.05) is 0 Å². The maximum atomic E-state index is 12.1. The van der Waals surface area contributed by atoms with E-state index in [4.69, 9.17) is 0 Å². The fourth-order valence-electron chi connectivity index (χ4n) is 1.85. The van der Waals surface area contributed by atoms with Gasteiger partial charge in [-0.05, 0) is 12.1 Å². The van der Waals surface area contributed by atoms with Gasteiger partial charge < -0.3 is 4.98 Å². The fourth-order valence-corrected chi connectivity index (χ4v) is 1.85. The number of benzene rings is 1. The summed E-state index contributed by atoms with van der Waals surface area (Å²) in [7, 11) is 0. The number of non-ortho nitro benzene ring substituents is 1. The molecule has 1 aromatic rings. The molecule has 0 aromatic heterocycles. The molecule has 0 amide bonds. The molecule has 94 valence electrons. The third kappa shape index (κ3) is 1.77. The van der Waals surface area contributed by atoms with Gasteiger partial charge in [-0.15, -0.1) is 0 Å². The number of hydrogen-bond acceptors (Lipinski definition) is 4. The minimum Gasteiger partial charge on any atom is -0.363 e. The summed E-state index contributed by atoms with van der Waals surface area (Å²) in [6, 6.07) is 5.74. The Morgan fingerprint density at radius 1 is 1.26 bits per heavy atom. The number of aromatic amines is 1. The first-order valence-electron chi connectivity index (χ1n) is 5.47. The van der Waals surface area contributed by atoms with Gasteiger partial charge in [-0.2, -0.15) is 0 Å². The average molecular weight is 256 g/mol. The number of hydrogen-bond donors (Lipinski definition) is 1. The van der Waals surface area contributed by atoms with Crippen LogP contribution >= 0.6 is 0 Å². The number of nitro benzene ring substituents is 1. The van der Waals surface area contributed by atoms with Crippen molar-refractivity contribution in [2.45, 2.75) is 0 Å². The van der Waals surface area contributed by atoms with Crippen LogP contribution in [0.4, 0.5) is 5.69 Å². The molecule has 3 rings (SSSR count). The summed E-state index contributed by atoms with van der Waals surface area (Å²) >= 11 is 0. The molecule has 2 aliphatic rings. The highest BCUT2D eigenvalue weighted by Gasteiger charge is 2.15. The van der Waals surface area contributed by atoms with Gasteiger partial charge in [0, 0.05) is 36.3 Å². The van der Waals surface area contributed by atoms with Crippen molar-refractivity contribution in [1.29, 1.82) is 0 Å². The summed E-state index contributed by atoms with van der Waals surface area (Å²) in [5, 5.41) is 10.6. The van der Waals surface area contributed by atoms with Gasteiger partial charge in [0.25, 0.3) is 11.2 Å². The van der Waals surface area contributed by atoms with Crippen molar-refractivity contribution >= 4 is 5.69 Å². The Balaban J connectivity index is 2.15. The Morgan fingerprint density at radius 2 is 2.00 bits per heavy atom. The maximum absolute atomic E-state index is 12.1. The molecular weight excluding hydrogens is 248 g/mol. The SMILES string of the molecule is O=c1c(-c2ccc([N+](=O)[O-])cc2)nc2c[nH]ccn1-2. The van der Waals surface area contributed by atoms with E-state index in [9.17, 15) is 14.9 Å². The van der Waals surface area contributed by atoms with Crippen LogP contribution in [0.5, 0.6) is 0 Å². The standard InChI is InChI=1S/C12H8N4O3/c17-12-11(14-10-7-13-5-6-15(10)12)8-1-3-9(4-2-8)16(18)19/h1-7,13H. The first-order valence-corrected chi connectivity index (χ1v) is 5.47. The van der Waals surface area contributed by atoms with Gasteiger partial charge in [-0.25, -0.2) is 4.98 Å². The number of H-pyrrole nitrogens is 1. The average Bonchev–Trinajstić information content (AvgIpc) is 2.77. The van der Waals surface area contributed by atoms with E-state index >= 15 is 0 Å². The van der Waals surface area contributed by atoms with Gasteiger partial charge in [0.05, 0.1) is 4.92 Å². The lowest BCUT2D eigenvalue weighted by Gasteiger charge is -1.95. The summed E-state index contributed by atoms with van der Waals surface area (Å²) in [5.74, 6) is 0.501. The topological polar surface area (TPSA) is 93.8 Å². The highest BCUT2D eigenvalue weighted by molar-refractivity contribution is 5.62. The number of fused-ring (bicyclic) bond motifs is 1. The van der Waals surface area contributed by atoms with Crippen LogP contribution in [0.25, 0.3) is 17.1 Å². The Kier molecular flexibility index (Phi) is 2.38. The molecule has 19 heavy (non-hydrogen) atoms. The summed E-state index contributed by atoms with van der Waals surface area (Å²) in [6.07, 6.45) is 4.81. The van der Waals surface area contributed by atoms with Crippen LogP contribution in [0.2, 0.25) is 0 Å². The monoisotopic (exact) mass is 256 g/mol. The first kappa shape index (κ1) is 11.1. The van der Waals surface area contributed by atoms with Crippen molar-refractivity contribution in [3.63, 3.8) is 0 Å². The smallest absolute Gasteiger partial charge is 0.282 e. The Hall–Kier alpha value is -2.96. The van der Waals surface area contributed by atoms with E-state index in [1.165, 1.54) is 28.8 Å². The molecule has 7 heteroatoms. The summed E-state index contributed by atoms with van der Waals surface area (Å²) in [4.78, 5) is 29.2. The van der Waals surface area contributed by atoms with Crippen LogP contribution in [0, 0.1) is 10.1 Å². The lowest BCUT2D eigenvalue weighted by molar-refractivity contribution is -0.384. The van der Waals surface area contributed by atoms with Crippen molar-refractivity contribution in [1.82, 2.24) is 14.5 Å². The molecule has 2 aliphatic heterocycles. The van der Waals surface area contributed by atoms with Crippen molar-refractivity contribution < 1.29 is 4.92 Å². The number of nitrogens with zero attached hydrogens (tertiary/aromatic N) is 3. The Morgan fingerprint density at radius 3 is 2.63 bits per heavy atom. The predicted molar refractivity (Wildman–Crippen MR) is 67.5 cm³/mol. The van der Waals surface area contributed by atoms with Crippen molar-refractivity contribution in [3.05, 3.63) is 63.3 Å². The van der Waals surface area contributed by atoms with Crippen molar-refractivity contribution in [3.8, 4) is 17.1 Å². The third-order valence-corrected chi connectivity index (χ3v) is 2.78.